The van der Waals surface area contributed by atoms with Crippen molar-refractivity contribution in [1.82, 2.24) is 4.90 Å². The third-order valence-corrected chi connectivity index (χ3v) is 4.70. The highest BCUT2D eigenvalue weighted by Gasteiger charge is 2.33. The molecule has 0 aromatic heterocycles. The number of methoxy groups -OCH3 is 3. The summed E-state index contributed by atoms with van der Waals surface area (Å²) in [4.78, 5) is 13.5. The van der Waals surface area contributed by atoms with Crippen LogP contribution in [-0.4, -0.2) is 52.9 Å². The minimum atomic E-state index is -4.59. The zero-order valence-corrected chi connectivity index (χ0v) is 14.6. The molecule has 0 spiro atoms. The van der Waals surface area contributed by atoms with Gasteiger partial charge in [0.1, 0.15) is 0 Å². The summed E-state index contributed by atoms with van der Waals surface area (Å²) in [6.07, 6.45) is 0.0214. The van der Waals surface area contributed by atoms with Crippen LogP contribution in [0.15, 0.2) is 12.1 Å². The van der Waals surface area contributed by atoms with Gasteiger partial charge in [-0.05, 0) is 17.7 Å². The second-order valence-electron chi connectivity index (χ2n) is 5.58. The van der Waals surface area contributed by atoms with E-state index in [9.17, 15) is 17.1 Å². The molecular weight excluding hydrogens is 341 g/mol. The Kier molecular flexibility index (Phi) is 5.53. The third kappa shape index (κ3) is 4.28. The second kappa shape index (κ2) is 7.25. The number of halogens is 1. The molecule has 1 aromatic carbocycles. The van der Waals surface area contributed by atoms with Crippen molar-refractivity contribution >= 4 is 16.1 Å². The molecule has 0 bridgehead atoms. The first-order valence-electron chi connectivity index (χ1n) is 7.26. The molecule has 9 heteroatoms. The lowest BCUT2D eigenvalue weighted by atomic mass is 10.1. The highest BCUT2D eigenvalue weighted by molar-refractivity contribution is 7.86. The van der Waals surface area contributed by atoms with Gasteiger partial charge in [0.15, 0.2) is 11.5 Å². The number of hydrogen-bond acceptors (Lipinski definition) is 6. The quantitative estimate of drug-likeness (QED) is 0.682. The van der Waals surface area contributed by atoms with Crippen molar-refractivity contribution < 1.29 is 31.3 Å². The Morgan fingerprint density at radius 1 is 1.17 bits per heavy atom. The number of rotatable bonds is 7. The number of carbonyl (C=O) groups excluding carboxylic acids is 1. The highest BCUT2D eigenvalue weighted by Crippen LogP contribution is 2.38. The Hall–Kier alpha value is -2.03. The monoisotopic (exact) mass is 361 g/mol. The van der Waals surface area contributed by atoms with Gasteiger partial charge < -0.3 is 19.1 Å². The maximum atomic E-state index is 12.8. The molecule has 0 aliphatic carbocycles. The van der Waals surface area contributed by atoms with Crippen LogP contribution < -0.4 is 14.2 Å². The van der Waals surface area contributed by atoms with Gasteiger partial charge >= 0.3 is 10.2 Å². The van der Waals surface area contributed by atoms with E-state index in [0.29, 0.717) is 17.2 Å². The summed E-state index contributed by atoms with van der Waals surface area (Å²) in [5.41, 5.74) is 0.738. The van der Waals surface area contributed by atoms with Crippen LogP contribution in [0.25, 0.3) is 0 Å². The molecule has 1 fully saturated rings. The summed E-state index contributed by atoms with van der Waals surface area (Å²) in [7, 11) is -0.120. The van der Waals surface area contributed by atoms with E-state index in [1.165, 1.54) is 26.2 Å². The van der Waals surface area contributed by atoms with Crippen LogP contribution >= 0.6 is 0 Å². The van der Waals surface area contributed by atoms with Crippen molar-refractivity contribution in [3.63, 3.8) is 0 Å². The first kappa shape index (κ1) is 18.3. The van der Waals surface area contributed by atoms with Crippen molar-refractivity contribution in [2.75, 3.05) is 33.6 Å². The average molecular weight is 361 g/mol. The van der Waals surface area contributed by atoms with Crippen LogP contribution in [0.5, 0.6) is 17.2 Å². The molecule has 1 amide bonds. The zero-order valence-electron chi connectivity index (χ0n) is 13.7. The fraction of sp³-hybridized carbons (Fsp3) is 0.533. The van der Waals surface area contributed by atoms with E-state index in [-0.39, 0.29) is 25.4 Å². The number of hydrogen-bond donors (Lipinski definition) is 0. The minimum Gasteiger partial charge on any atom is -0.493 e. The molecule has 1 saturated heterocycles. The van der Waals surface area contributed by atoms with Gasteiger partial charge in [-0.15, -0.1) is 3.89 Å². The third-order valence-electron chi connectivity index (χ3n) is 3.83. The molecule has 1 heterocycles. The molecule has 1 aliphatic heterocycles. The van der Waals surface area contributed by atoms with Crippen LogP contribution in [0.2, 0.25) is 0 Å². The van der Waals surface area contributed by atoms with Crippen LogP contribution in [0.4, 0.5) is 3.89 Å². The van der Waals surface area contributed by atoms with E-state index in [1.54, 1.807) is 12.1 Å². The maximum absolute atomic E-state index is 12.8. The predicted octanol–water partition coefficient (Wildman–Crippen LogP) is 1.36. The van der Waals surface area contributed by atoms with E-state index < -0.39 is 21.9 Å². The summed E-state index contributed by atoms with van der Waals surface area (Å²) in [6.45, 7) is 0.441. The molecule has 134 valence electrons. The molecule has 1 unspecified atom stereocenters. The Morgan fingerprint density at radius 2 is 1.75 bits per heavy atom. The number of ether oxygens (including phenoxy) is 3. The molecule has 1 aromatic rings. The fourth-order valence-electron chi connectivity index (χ4n) is 2.85. The first-order chi connectivity index (χ1) is 11.3. The number of benzene rings is 1. The highest BCUT2D eigenvalue weighted by atomic mass is 32.3. The van der Waals surface area contributed by atoms with Crippen molar-refractivity contribution in [2.24, 2.45) is 5.92 Å². The van der Waals surface area contributed by atoms with Crippen LogP contribution in [0.1, 0.15) is 12.0 Å². The first-order valence-corrected chi connectivity index (χ1v) is 8.81. The largest absolute Gasteiger partial charge is 0.493 e. The van der Waals surface area contributed by atoms with Gasteiger partial charge in [-0.25, -0.2) is 0 Å². The normalized spacial score (nSPS) is 17.9. The van der Waals surface area contributed by atoms with Gasteiger partial charge in [-0.1, -0.05) is 0 Å². The Labute approximate surface area is 140 Å². The van der Waals surface area contributed by atoms with Crippen molar-refractivity contribution in [1.29, 1.82) is 0 Å². The van der Waals surface area contributed by atoms with Crippen LogP contribution in [0, 0.1) is 5.92 Å². The van der Waals surface area contributed by atoms with Crippen molar-refractivity contribution in [3.05, 3.63) is 17.7 Å². The number of carbonyl (C=O) groups is 1. The van der Waals surface area contributed by atoms with E-state index in [1.807, 2.05) is 0 Å². The van der Waals surface area contributed by atoms with Crippen LogP contribution in [0.3, 0.4) is 0 Å². The van der Waals surface area contributed by atoms with E-state index in [2.05, 4.69) is 0 Å². The zero-order chi connectivity index (χ0) is 17.9. The van der Waals surface area contributed by atoms with Gasteiger partial charge in [-0.3, -0.25) is 4.79 Å². The Bertz CT molecular complexity index is 696. The average Bonchev–Trinajstić information content (AvgIpc) is 2.83. The number of nitrogens with zero attached hydrogens (tertiary/aromatic N) is 1. The van der Waals surface area contributed by atoms with Crippen molar-refractivity contribution in [3.8, 4) is 17.2 Å². The van der Waals surface area contributed by atoms with E-state index in [4.69, 9.17) is 14.2 Å². The molecule has 0 radical (unpaired) electrons. The topological polar surface area (TPSA) is 82.1 Å². The molecule has 0 N–H and O–H groups in total. The minimum absolute atomic E-state index is 0.0214. The SMILES string of the molecule is COc1cc(CN2CC(CS(=O)(=O)F)CC2=O)cc(OC)c1OC. The Balaban J connectivity index is 2.17. The molecule has 1 atom stereocenters. The maximum Gasteiger partial charge on any atom is 0.302 e. The van der Waals surface area contributed by atoms with Gasteiger partial charge in [-0.2, -0.15) is 8.42 Å². The molecular formula is C15H20FNO6S. The lowest BCUT2D eigenvalue weighted by Gasteiger charge is -2.19. The van der Waals surface area contributed by atoms with Crippen molar-refractivity contribution in [2.45, 2.75) is 13.0 Å². The van der Waals surface area contributed by atoms with Gasteiger partial charge in [0.25, 0.3) is 0 Å². The predicted molar refractivity (Wildman–Crippen MR) is 84.5 cm³/mol. The summed E-state index contributed by atoms with van der Waals surface area (Å²) in [6, 6.07) is 3.43. The number of amides is 1. The van der Waals surface area contributed by atoms with Gasteiger partial charge in [0, 0.05) is 25.4 Å². The fourth-order valence-corrected chi connectivity index (χ4v) is 3.63. The second-order valence-corrected chi connectivity index (χ2v) is 6.99. The van der Waals surface area contributed by atoms with Crippen LogP contribution in [-0.2, 0) is 21.6 Å². The van der Waals surface area contributed by atoms with E-state index in [0.717, 1.165) is 5.56 Å². The summed E-state index contributed by atoms with van der Waals surface area (Å²) in [5, 5.41) is 0. The molecule has 7 nitrogen and oxygen atoms in total. The molecule has 24 heavy (non-hydrogen) atoms. The molecule has 0 saturated carbocycles. The summed E-state index contributed by atoms with van der Waals surface area (Å²) >= 11 is 0. The lowest BCUT2D eigenvalue weighted by molar-refractivity contribution is -0.128. The standard InChI is InChI=1S/C15H20FNO6S/c1-21-12-4-10(5-13(22-2)15(12)23-3)7-17-8-11(6-14(17)18)9-24(16,19)20/h4-5,11H,6-9H2,1-3H3. The molecule has 1 aliphatic rings. The Morgan fingerprint density at radius 3 is 2.21 bits per heavy atom. The smallest absolute Gasteiger partial charge is 0.302 e. The van der Waals surface area contributed by atoms with Gasteiger partial charge in [0.2, 0.25) is 11.7 Å². The summed E-state index contributed by atoms with van der Waals surface area (Å²) in [5.74, 6) is -0.0163. The molecule has 2 rings (SSSR count). The number of likely N-dealkylation sites (tertiary alicyclic amines) is 1. The lowest BCUT2D eigenvalue weighted by Crippen LogP contribution is -2.25. The van der Waals surface area contributed by atoms with E-state index >= 15 is 0 Å². The van der Waals surface area contributed by atoms with Gasteiger partial charge in [0.05, 0.1) is 27.1 Å². The summed E-state index contributed by atoms with van der Waals surface area (Å²) < 4.78 is 50.1.